The van der Waals surface area contributed by atoms with E-state index in [-0.39, 0.29) is 36.6 Å². The van der Waals surface area contributed by atoms with Crippen molar-refractivity contribution in [3.63, 3.8) is 0 Å². The Hall–Kier alpha value is -2.87. The predicted molar refractivity (Wildman–Crippen MR) is 118 cm³/mol. The van der Waals surface area contributed by atoms with Crippen molar-refractivity contribution < 1.29 is 14.6 Å². The lowest BCUT2D eigenvalue weighted by atomic mass is 9.92. The highest BCUT2D eigenvalue weighted by molar-refractivity contribution is 6.01. The van der Waals surface area contributed by atoms with Gasteiger partial charge in [-0.15, -0.1) is 0 Å². The van der Waals surface area contributed by atoms with Crippen molar-refractivity contribution in [2.24, 2.45) is 18.0 Å². The second kappa shape index (κ2) is 7.67. The first-order chi connectivity index (χ1) is 15.0. The van der Waals surface area contributed by atoms with E-state index in [9.17, 15) is 9.90 Å². The lowest BCUT2D eigenvalue weighted by molar-refractivity contribution is -0.130. The number of aromatic nitrogens is 2. The van der Waals surface area contributed by atoms with E-state index in [1.54, 1.807) is 11.9 Å². The van der Waals surface area contributed by atoms with Crippen LogP contribution in [0.4, 0.5) is 0 Å². The lowest BCUT2D eigenvalue weighted by Crippen LogP contribution is -2.45. The Kier molecular flexibility index (Phi) is 4.97. The van der Waals surface area contributed by atoms with Crippen LogP contribution in [0.2, 0.25) is 0 Å². The number of aliphatic hydroxyl groups is 1. The molecule has 0 aliphatic carbocycles. The molecule has 8 nitrogen and oxygen atoms in total. The molecule has 3 aliphatic heterocycles. The van der Waals surface area contributed by atoms with Gasteiger partial charge in [0.25, 0.3) is 0 Å². The summed E-state index contributed by atoms with van der Waals surface area (Å²) >= 11 is 0. The number of carbonyl (C=O) groups excluding carboxylic acids is 1. The first-order valence-corrected chi connectivity index (χ1v) is 10.9. The summed E-state index contributed by atoms with van der Waals surface area (Å²) in [5.41, 5.74) is 2.14. The summed E-state index contributed by atoms with van der Waals surface area (Å²) in [5, 5.41) is 15.2. The number of ether oxygens (including phenoxy) is 1. The summed E-state index contributed by atoms with van der Waals surface area (Å²) < 4.78 is 8.13. The molecule has 1 aromatic carbocycles. The summed E-state index contributed by atoms with van der Waals surface area (Å²) in [4.78, 5) is 21.4. The number of dihydropyridines is 1. The molecule has 2 fully saturated rings. The molecular weight excluding hydrogens is 394 g/mol. The highest BCUT2D eigenvalue weighted by Gasteiger charge is 2.47. The Morgan fingerprint density at radius 2 is 2.00 bits per heavy atom. The van der Waals surface area contributed by atoms with E-state index in [1.165, 1.54) is 0 Å². The molecule has 0 radical (unpaired) electrons. The fraction of sp³-hybridized carbons (Fsp3) is 0.522. The summed E-state index contributed by atoms with van der Waals surface area (Å²) in [6.45, 7) is 3.67. The van der Waals surface area contributed by atoms with Gasteiger partial charge in [0.15, 0.2) is 0 Å². The number of carbonyl (C=O) groups is 1. The second-order valence-electron chi connectivity index (χ2n) is 8.81. The topological polar surface area (TPSA) is 83.2 Å². The van der Waals surface area contributed by atoms with Crippen molar-refractivity contribution in [2.75, 3.05) is 26.7 Å². The fourth-order valence-corrected chi connectivity index (χ4v) is 5.09. The van der Waals surface area contributed by atoms with Gasteiger partial charge in [0, 0.05) is 45.4 Å². The van der Waals surface area contributed by atoms with Gasteiger partial charge in [0.2, 0.25) is 5.91 Å². The van der Waals surface area contributed by atoms with E-state index in [0.29, 0.717) is 0 Å². The first kappa shape index (κ1) is 20.1. The van der Waals surface area contributed by atoms with Gasteiger partial charge in [-0.3, -0.25) is 14.5 Å². The van der Waals surface area contributed by atoms with Crippen molar-refractivity contribution in [1.29, 1.82) is 0 Å². The molecule has 2 unspecified atom stereocenters. The summed E-state index contributed by atoms with van der Waals surface area (Å²) in [5.74, 6) is 1.63. The van der Waals surface area contributed by atoms with Crippen LogP contribution in [0.3, 0.4) is 0 Å². The Morgan fingerprint density at radius 3 is 2.74 bits per heavy atom. The molecule has 31 heavy (non-hydrogen) atoms. The highest BCUT2D eigenvalue weighted by Crippen LogP contribution is 2.33. The zero-order valence-electron chi connectivity index (χ0n) is 18.2. The third-order valence-electron chi connectivity index (χ3n) is 6.90. The number of hydrogen-bond donors (Lipinski definition) is 1. The van der Waals surface area contributed by atoms with Gasteiger partial charge in [0.05, 0.1) is 36.3 Å². The Labute approximate surface area is 181 Å². The number of aryl methyl sites for hydroxylation is 1. The first-order valence-electron chi connectivity index (χ1n) is 10.9. The zero-order valence-corrected chi connectivity index (χ0v) is 18.2. The number of aliphatic hydroxyl groups excluding tert-OH is 1. The summed E-state index contributed by atoms with van der Waals surface area (Å²) in [7, 11) is 3.69. The van der Waals surface area contributed by atoms with Crippen LogP contribution in [-0.4, -0.2) is 81.4 Å². The monoisotopic (exact) mass is 423 g/mol. The Morgan fingerprint density at radius 1 is 1.23 bits per heavy atom. The molecule has 2 saturated heterocycles. The number of amidine groups is 1. The average Bonchev–Trinajstić information content (AvgIpc) is 3.25. The van der Waals surface area contributed by atoms with Crippen LogP contribution in [0.5, 0.6) is 5.75 Å². The molecular formula is C23H29N5O3. The number of likely N-dealkylation sites (N-methyl/N-ethyl adjacent to an activating group) is 1. The second-order valence-corrected chi connectivity index (χ2v) is 8.81. The molecule has 0 saturated carbocycles. The number of likely N-dealkylation sites (tertiary alicyclic amines) is 2. The van der Waals surface area contributed by atoms with Crippen LogP contribution < -0.4 is 4.74 Å². The molecule has 0 spiro atoms. The number of nitrogens with zero attached hydrogens (tertiary/aromatic N) is 5. The van der Waals surface area contributed by atoms with Crippen LogP contribution >= 0.6 is 0 Å². The minimum absolute atomic E-state index is 0.0453. The maximum Gasteiger partial charge on any atom is 0.231 e. The third kappa shape index (κ3) is 3.39. The normalized spacial score (nSPS) is 26.8. The molecule has 3 aliphatic rings. The van der Waals surface area contributed by atoms with E-state index in [0.717, 1.165) is 54.0 Å². The van der Waals surface area contributed by atoms with Gasteiger partial charge >= 0.3 is 0 Å². The van der Waals surface area contributed by atoms with E-state index < -0.39 is 0 Å². The van der Waals surface area contributed by atoms with Gasteiger partial charge in [0.1, 0.15) is 17.7 Å². The van der Waals surface area contributed by atoms with Gasteiger partial charge < -0.3 is 19.6 Å². The zero-order chi connectivity index (χ0) is 21.7. The Balaban J connectivity index is 1.25. The van der Waals surface area contributed by atoms with Crippen molar-refractivity contribution in [3.8, 4) is 5.75 Å². The van der Waals surface area contributed by atoms with E-state index in [4.69, 9.17) is 9.73 Å². The predicted octanol–water partition coefficient (Wildman–Crippen LogP) is 1.59. The summed E-state index contributed by atoms with van der Waals surface area (Å²) in [6, 6.07) is 5.65. The highest BCUT2D eigenvalue weighted by atomic mass is 16.5. The fourth-order valence-electron chi connectivity index (χ4n) is 5.09. The van der Waals surface area contributed by atoms with Gasteiger partial charge in [-0.1, -0.05) is 6.08 Å². The summed E-state index contributed by atoms with van der Waals surface area (Å²) in [6.07, 6.45) is 5.88. The van der Waals surface area contributed by atoms with Gasteiger partial charge in [-0.05, 0) is 30.7 Å². The van der Waals surface area contributed by atoms with Crippen molar-refractivity contribution in [2.45, 2.75) is 38.0 Å². The number of amides is 1. The minimum Gasteiger partial charge on any atom is -0.490 e. The lowest BCUT2D eigenvalue weighted by Gasteiger charge is -2.37. The van der Waals surface area contributed by atoms with Crippen molar-refractivity contribution >= 4 is 22.6 Å². The smallest absolute Gasteiger partial charge is 0.231 e. The molecule has 4 heterocycles. The molecule has 2 aromatic rings. The Bertz CT molecular complexity index is 1070. The molecule has 0 bridgehead atoms. The van der Waals surface area contributed by atoms with Crippen LogP contribution in [0.25, 0.3) is 10.9 Å². The third-order valence-corrected chi connectivity index (χ3v) is 6.90. The van der Waals surface area contributed by atoms with Crippen LogP contribution in [0.15, 0.2) is 41.0 Å². The number of piperidine rings is 1. The molecule has 8 heteroatoms. The molecule has 1 N–H and O–H groups in total. The number of rotatable bonds is 3. The number of fused-ring (bicyclic) bond motifs is 2. The van der Waals surface area contributed by atoms with Crippen LogP contribution in [-0.2, 0) is 11.8 Å². The van der Waals surface area contributed by atoms with Crippen LogP contribution in [0, 0.1) is 5.92 Å². The van der Waals surface area contributed by atoms with E-state index in [2.05, 4.69) is 16.1 Å². The minimum atomic E-state index is -0.255. The molecule has 5 rings (SSSR count). The van der Waals surface area contributed by atoms with Crippen molar-refractivity contribution in [1.82, 2.24) is 19.6 Å². The molecule has 1 amide bonds. The maximum absolute atomic E-state index is 12.5. The largest absolute Gasteiger partial charge is 0.490 e. The number of benzene rings is 1. The van der Waals surface area contributed by atoms with Crippen LogP contribution in [0.1, 0.15) is 19.8 Å². The molecule has 1 aromatic heterocycles. The van der Waals surface area contributed by atoms with Gasteiger partial charge in [-0.25, -0.2) is 0 Å². The van der Waals surface area contributed by atoms with Crippen molar-refractivity contribution in [3.05, 3.63) is 36.0 Å². The quantitative estimate of drug-likeness (QED) is 0.811. The SMILES string of the molecule is CC1=CC2C(=O)N(C)[C@H](CO)C2N=C1N1CCC(Oc2ccc3c(cnn3C)c2)CC1. The number of hydrogen-bond acceptors (Lipinski definition) is 6. The molecule has 3 atom stereocenters. The number of aliphatic imine (C=N–C) groups is 1. The van der Waals surface area contributed by atoms with E-state index in [1.807, 2.05) is 43.1 Å². The van der Waals surface area contributed by atoms with E-state index >= 15 is 0 Å². The average molecular weight is 424 g/mol. The maximum atomic E-state index is 12.5. The standard InChI is InChI=1S/C23H29N5O3/c1-14-10-18-21(20(13-29)26(2)23(18)30)25-22(14)28-8-6-16(7-9-28)31-17-4-5-19-15(11-17)12-24-27(19)3/h4-5,10-12,16,18,20-21,29H,6-9,13H2,1-3H3/t18?,20-,21?/m1/s1. The van der Waals surface area contributed by atoms with Gasteiger partial charge in [-0.2, -0.15) is 5.10 Å². The molecule has 164 valence electrons.